The summed E-state index contributed by atoms with van der Waals surface area (Å²) in [6.07, 6.45) is 3.73. The SMILES string of the molecule is CCC(C)N(C)CCNC(=NC)NCC1CCCN(C)C1c1cccs1.I. The van der Waals surface area contributed by atoms with Crippen molar-refractivity contribution in [2.24, 2.45) is 10.9 Å². The highest BCUT2D eigenvalue weighted by molar-refractivity contribution is 14.0. The van der Waals surface area contributed by atoms with Crippen LogP contribution in [0, 0.1) is 5.92 Å². The van der Waals surface area contributed by atoms with Crippen LogP contribution in [0.15, 0.2) is 22.5 Å². The second-order valence-electron chi connectivity index (χ2n) is 7.46. The van der Waals surface area contributed by atoms with Crippen molar-refractivity contribution in [1.82, 2.24) is 20.4 Å². The normalized spacial score (nSPS) is 22.4. The Balaban J connectivity index is 0.00000364. The van der Waals surface area contributed by atoms with Crippen LogP contribution < -0.4 is 10.6 Å². The van der Waals surface area contributed by atoms with Crippen molar-refractivity contribution < 1.29 is 0 Å². The van der Waals surface area contributed by atoms with E-state index in [1.54, 1.807) is 0 Å². The number of likely N-dealkylation sites (tertiary alicyclic amines) is 1. The Morgan fingerprint density at radius 2 is 2.22 bits per heavy atom. The molecule has 1 fully saturated rings. The minimum atomic E-state index is 0. The third-order valence-corrected chi connectivity index (χ3v) is 6.64. The fourth-order valence-electron chi connectivity index (χ4n) is 3.71. The lowest BCUT2D eigenvalue weighted by molar-refractivity contribution is 0.125. The average molecular weight is 508 g/mol. The number of halogens is 1. The average Bonchev–Trinajstić information content (AvgIpc) is 3.17. The van der Waals surface area contributed by atoms with Crippen LogP contribution in [-0.2, 0) is 0 Å². The Morgan fingerprint density at radius 1 is 1.44 bits per heavy atom. The smallest absolute Gasteiger partial charge is 0.191 e. The molecule has 1 aromatic rings. The van der Waals surface area contributed by atoms with Crippen LogP contribution in [0.1, 0.15) is 44.0 Å². The molecule has 1 saturated heterocycles. The van der Waals surface area contributed by atoms with Gasteiger partial charge in [0.25, 0.3) is 0 Å². The summed E-state index contributed by atoms with van der Waals surface area (Å²) in [6, 6.07) is 5.59. The van der Waals surface area contributed by atoms with Crippen LogP contribution in [-0.4, -0.2) is 69.1 Å². The quantitative estimate of drug-likeness (QED) is 0.321. The van der Waals surface area contributed by atoms with Crippen LogP contribution in [0.2, 0.25) is 0 Å². The second kappa shape index (κ2) is 13.0. The number of hydrogen-bond donors (Lipinski definition) is 2. The van der Waals surface area contributed by atoms with E-state index in [0.717, 1.165) is 25.6 Å². The van der Waals surface area contributed by atoms with Crippen LogP contribution in [0.4, 0.5) is 0 Å². The van der Waals surface area contributed by atoms with Gasteiger partial charge in [-0.15, -0.1) is 35.3 Å². The molecule has 0 aliphatic carbocycles. The third-order valence-electron chi connectivity index (χ3n) is 5.70. The molecule has 27 heavy (non-hydrogen) atoms. The van der Waals surface area contributed by atoms with Gasteiger partial charge in [0.05, 0.1) is 0 Å². The predicted molar refractivity (Wildman–Crippen MR) is 130 cm³/mol. The van der Waals surface area contributed by atoms with Crippen molar-refractivity contribution in [3.05, 3.63) is 22.4 Å². The van der Waals surface area contributed by atoms with Crippen molar-refractivity contribution >= 4 is 41.3 Å². The largest absolute Gasteiger partial charge is 0.356 e. The maximum Gasteiger partial charge on any atom is 0.191 e. The summed E-state index contributed by atoms with van der Waals surface area (Å²) in [7, 11) is 6.31. The van der Waals surface area contributed by atoms with Crippen molar-refractivity contribution in [2.45, 2.75) is 45.2 Å². The monoisotopic (exact) mass is 507 g/mol. The molecule has 5 nitrogen and oxygen atoms in total. The zero-order chi connectivity index (χ0) is 18.9. The van der Waals surface area contributed by atoms with E-state index in [1.807, 2.05) is 18.4 Å². The summed E-state index contributed by atoms with van der Waals surface area (Å²) >= 11 is 1.88. The van der Waals surface area contributed by atoms with Gasteiger partial charge >= 0.3 is 0 Å². The first-order valence-electron chi connectivity index (χ1n) is 9.95. The van der Waals surface area contributed by atoms with Gasteiger partial charge in [-0.25, -0.2) is 0 Å². The molecular weight excluding hydrogens is 469 g/mol. The second-order valence-corrected chi connectivity index (χ2v) is 8.44. The summed E-state index contributed by atoms with van der Waals surface area (Å²) in [5.74, 6) is 1.54. The van der Waals surface area contributed by atoms with E-state index in [1.165, 1.54) is 30.7 Å². The molecule has 3 unspecified atom stereocenters. The van der Waals surface area contributed by atoms with Gasteiger partial charge in [-0.1, -0.05) is 13.0 Å². The highest BCUT2D eigenvalue weighted by Gasteiger charge is 2.31. The van der Waals surface area contributed by atoms with E-state index in [-0.39, 0.29) is 24.0 Å². The summed E-state index contributed by atoms with van der Waals surface area (Å²) in [6.45, 7) is 8.61. The molecule has 0 bridgehead atoms. The number of likely N-dealkylation sites (N-methyl/N-ethyl adjacent to an activating group) is 1. The van der Waals surface area contributed by atoms with Crippen LogP contribution in [0.3, 0.4) is 0 Å². The van der Waals surface area contributed by atoms with Gasteiger partial charge < -0.3 is 15.5 Å². The summed E-state index contributed by atoms with van der Waals surface area (Å²) in [4.78, 5) is 10.8. The molecule has 1 aliphatic rings. The van der Waals surface area contributed by atoms with Gasteiger partial charge in [0.2, 0.25) is 0 Å². The van der Waals surface area contributed by atoms with E-state index in [4.69, 9.17) is 0 Å². The minimum absolute atomic E-state index is 0. The number of aliphatic imine (C=N–C) groups is 1. The van der Waals surface area contributed by atoms with Crippen molar-refractivity contribution in [3.8, 4) is 0 Å². The predicted octanol–water partition coefficient (Wildman–Crippen LogP) is 3.64. The first-order valence-corrected chi connectivity index (χ1v) is 10.8. The summed E-state index contributed by atoms with van der Waals surface area (Å²) < 4.78 is 0. The molecule has 0 aromatic carbocycles. The Kier molecular flexibility index (Phi) is 11.8. The molecule has 156 valence electrons. The van der Waals surface area contributed by atoms with E-state index >= 15 is 0 Å². The number of hydrogen-bond acceptors (Lipinski definition) is 4. The Bertz CT molecular complexity index is 536. The van der Waals surface area contributed by atoms with Crippen LogP contribution in [0.5, 0.6) is 0 Å². The lowest BCUT2D eigenvalue weighted by Crippen LogP contribution is -2.46. The van der Waals surface area contributed by atoms with Crippen LogP contribution >= 0.6 is 35.3 Å². The highest BCUT2D eigenvalue weighted by Crippen LogP contribution is 2.36. The lowest BCUT2D eigenvalue weighted by Gasteiger charge is -2.39. The molecule has 0 radical (unpaired) electrons. The topological polar surface area (TPSA) is 42.9 Å². The van der Waals surface area contributed by atoms with E-state index in [9.17, 15) is 0 Å². The van der Waals surface area contributed by atoms with Gasteiger partial charge in [-0.2, -0.15) is 0 Å². The first-order chi connectivity index (χ1) is 12.6. The van der Waals surface area contributed by atoms with Gasteiger partial charge in [0.15, 0.2) is 5.96 Å². The van der Waals surface area contributed by atoms with E-state index in [2.05, 4.69) is 70.9 Å². The number of nitrogens with one attached hydrogen (secondary N) is 2. The van der Waals surface area contributed by atoms with Gasteiger partial charge in [0.1, 0.15) is 0 Å². The van der Waals surface area contributed by atoms with Crippen molar-refractivity contribution in [1.29, 1.82) is 0 Å². The minimum Gasteiger partial charge on any atom is -0.356 e. The highest BCUT2D eigenvalue weighted by atomic mass is 127. The maximum absolute atomic E-state index is 4.41. The number of piperidine rings is 1. The van der Waals surface area contributed by atoms with E-state index in [0.29, 0.717) is 18.0 Å². The molecule has 0 amide bonds. The number of thiophene rings is 1. The molecule has 2 N–H and O–H groups in total. The zero-order valence-corrected chi connectivity index (χ0v) is 20.7. The molecule has 2 heterocycles. The molecule has 1 aliphatic heterocycles. The molecule has 2 rings (SSSR count). The summed E-state index contributed by atoms with van der Waals surface area (Å²) in [5, 5.41) is 9.22. The molecule has 0 spiro atoms. The third kappa shape index (κ3) is 7.51. The standard InChI is InChI=1S/C20H37N5S.HI/c1-6-16(2)24(4)13-11-22-20(21-3)23-15-17-9-7-12-25(5)19(17)18-10-8-14-26-18;/h8,10,14,16-17,19H,6-7,9,11-13,15H2,1-5H3,(H2,21,22,23);1H. The fraction of sp³-hybridized carbons (Fsp3) is 0.750. The molecule has 1 aromatic heterocycles. The van der Waals surface area contributed by atoms with Crippen molar-refractivity contribution in [2.75, 3.05) is 47.3 Å². The molecule has 7 heteroatoms. The van der Waals surface area contributed by atoms with Gasteiger partial charge in [-0.05, 0) is 64.2 Å². The number of nitrogens with zero attached hydrogens (tertiary/aromatic N) is 3. The lowest BCUT2D eigenvalue weighted by atomic mass is 9.88. The zero-order valence-electron chi connectivity index (χ0n) is 17.6. The van der Waals surface area contributed by atoms with Crippen molar-refractivity contribution in [3.63, 3.8) is 0 Å². The Labute approximate surface area is 187 Å². The van der Waals surface area contributed by atoms with Crippen LogP contribution in [0.25, 0.3) is 0 Å². The molecule has 0 saturated carbocycles. The van der Waals surface area contributed by atoms with Gasteiger partial charge in [0, 0.05) is 43.6 Å². The van der Waals surface area contributed by atoms with Gasteiger partial charge in [-0.3, -0.25) is 9.89 Å². The summed E-state index contributed by atoms with van der Waals surface area (Å²) in [5.41, 5.74) is 0. The first kappa shape index (κ1) is 24.7. The maximum atomic E-state index is 4.41. The van der Waals surface area contributed by atoms with E-state index < -0.39 is 0 Å². The fourth-order valence-corrected chi connectivity index (χ4v) is 4.70. The molecule has 3 atom stereocenters. The number of guanidine groups is 1. The Morgan fingerprint density at radius 3 is 2.85 bits per heavy atom. The molecular formula is C20H38IN5S. The number of rotatable bonds is 8. The Hall–Kier alpha value is -0.380.